The predicted molar refractivity (Wildman–Crippen MR) is 139 cm³/mol. The molecule has 0 unspecified atom stereocenters. The van der Waals surface area contributed by atoms with Gasteiger partial charge < -0.3 is 15.5 Å². The molecular formula is C24H40IN5O. The van der Waals surface area contributed by atoms with Crippen LogP contribution in [0.2, 0.25) is 0 Å². The van der Waals surface area contributed by atoms with Crippen molar-refractivity contribution in [3.05, 3.63) is 35.4 Å². The number of benzene rings is 1. The highest BCUT2D eigenvalue weighted by Crippen LogP contribution is 2.35. The second kappa shape index (κ2) is 12.6. The summed E-state index contributed by atoms with van der Waals surface area (Å²) >= 11 is 0. The molecule has 1 heterocycles. The van der Waals surface area contributed by atoms with Gasteiger partial charge in [0.15, 0.2) is 5.96 Å². The Labute approximate surface area is 205 Å². The third kappa shape index (κ3) is 7.07. The molecule has 1 aliphatic carbocycles. The number of amides is 1. The summed E-state index contributed by atoms with van der Waals surface area (Å²) in [6.07, 6.45) is 10.7. The Morgan fingerprint density at radius 2 is 1.61 bits per heavy atom. The van der Waals surface area contributed by atoms with E-state index in [2.05, 4.69) is 20.5 Å². The summed E-state index contributed by atoms with van der Waals surface area (Å²) in [5.41, 5.74) is 2.13. The fourth-order valence-electron chi connectivity index (χ4n) is 4.86. The monoisotopic (exact) mass is 541 g/mol. The summed E-state index contributed by atoms with van der Waals surface area (Å²) < 4.78 is 0. The van der Waals surface area contributed by atoms with Crippen LogP contribution < -0.4 is 10.6 Å². The van der Waals surface area contributed by atoms with Crippen LogP contribution in [0.4, 0.5) is 0 Å². The lowest BCUT2D eigenvalue weighted by atomic mass is 9.79. The van der Waals surface area contributed by atoms with Crippen molar-refractivity contribution in [2.45, 2.75) is 63.5 Å². The molecule has 2 N–H and O–H groups in total. The molecule has 0 aromatic heterocycles. The van der Waals surface area contributed by atoms with Crippen molar-refractivity contribution < 1.29 is 4.79 Å². The summed E-state index contributed by atoms with van der Waals surface area (Å²) in [7, 11) is 5.38. The molecule has 0 radical (unpaired) electrons. The van der Waals surface area contributed by atoms with E-state index in [1.807, 2.05) is 31.3 Å². The van der Waals surface area contributed by atoms with E-state index in [1.54, 1.807) is 19.0 Å². The van der Waals surface area contributed by atoms with Crippen LogP contribution >= 0.6 is 24.0 Å². The van der Waals surface area contributed by atoms with E-state index in [9.17, 15) is 4.79 Å². The molecule has 1 aromatic rings. The number of aliphatic imine (C=N–C) groups is 1. The zero-order valence-corrected chi connectivity index (χ0v) is 21.8. The Bertz CT molecular complexity index is 707. The second-order valence-corrected chi connectivity index (χ2v) is 9.01. The number of piperidine rings is 1. The molecule has 3 rings (SSSR count). The second-order valence-electron chi connectivity index (χ2n) is 9.01. The van der Waals surface area contributed by atoms with Gasteiger partial charge in [0.2, 0.25) is 0 Å². The minimum atomic E-state index is 0. The third-order valence-corrected chi connectivity index (χ3v) is 6.69. The van der Waals surface area contributed by atoms with E-state index in [-0.39, 0.29) is 35.4 Å². The smallest absolute Gasteiger partial charge is 0.253 e. The first kappa shape index (κ1) is 25.9. The van der Waals surface area contributed by atoms with Gasteiger partial charge in [0.25, 0.3) is 5.91 Å². The van der Waals surface area contributed by atoms with E-state index >= 15 is 0 Å². The minimum absolute atomic E-state index is 0. The van der Waals surface area contributed by atoms with Crippen LogP contribution in [0.15, 0.2) is 29.3 Å². The number of nitrogens with one attached hydrogen (secondary N) is 2. The van der Waals surface area contributed by atoms with Crippen molar-refractivity contribution >= 4 is 35.8 Å². The zero-order valence-electron chi connectivity index (χ0n) is 19.5. The van der Waals surface area contributed by atoms with Gasteiger partial charge in [0.1, 0.15) is 0 Å². The van der Waals surface area contributed by atoms with Crippen LogP contribution in [0.3, 0.4) is 0 Å². The van der Waals surface area contributed by atoms with Gasteiger partial charge in [0.05, 0.1) is 0 Å². The Kier molecular flexibility index (Phi) is 10.6. The maximum atomic E-state index is 12.0. The maximum Gasteiger partial charge on any atom is 0.253 e. The predicted octanol–water partition coefficient (Wildman–Crippen LogP) is 3.86. The van der Waals surface area contributed by atoms with Crippen LogP contribution in [-0.2, 0) is 6.54 Å². The molecule has 1 aromatic carbocycles. The van der Waals surface area contributed by atoms with Crippen molar-refractivity contribution in [2.24, 2.45) is 4.99 Å². The van der Waals surface area contributed by atoms with Gasteiger partial charge in [-0.05, 0) is 56.5 Å². The average molecular weight is 542 g/mol. The molecular weight excluding hydrogens is 501 g/mol. The summed E-state index contributed by atoms with van der Waals surface area (Å²) in [4.78, 5) is 20.8. The van der Waals surface area contributed by atoms with Gasteiger partial charge in [-0.2, -0.15) is 0 Å². The average Bonchev–Trinajstić information content (AvgIpc) is 2.80. The van der Waals surface area contributed by atoms with Gasteiger partial charge in [0, 0.05) is 45.3 Å². The van der Waals surface area contributed by atoms with Crippen molar-refractivity contribution in [3.63, 3.8) is 0 Å². The first-order chi connectivity index (χ1) is 14.5. The van der Waals surface area contributed by atoms with Crippen LogP contribution in [0.25, 0.3) is 0 Å². The van der Waals surface area contributed by atoms with Crippen molar-refractivity contribution in [1.29, 1.82) is 0 Å². The maximum absolute atomic E-state index is 12.0. The number of nitrogens with zero attached hydrogens (tertiary/aromatic N) is 3. The summed E-state index contributed by atoms with van der Waals surface area (Å²) in [6, 6.07) is 7.80. The fourth-order valence-corrected chi connectivity index (χ4v) is 4.86. The first-order valence-corrected chi connectivity index (χ1v) is 11.5. The van der Waals surface area contributed by atoms with Crippen LogP contribution in [0.5, 0.6) is 0 Å². The fraction of sp³-hybridized carbons (Fsp3) is 0.667. The van der Waals surface area contributed by atoms with E-state index in [0.29, 0.717) is 12.1 Å². The quantitative estimate of drug-likeness (QED) is 0.326. The van der Waals surface area contributed by atoms with E-state index in [1.165, 1.54) is 64.5 Å². The number of carbonyl (C=O) groups excluding carboxylic acids is 1. The van der Waals surface area contributed by atoms with Gasteiger partial charge >= 0.3 is 0 Å². The zero-order chi connectivity index (χ0) is 21.4. The molecule has 2 fully saturated rings. The molecule has 1 amide bonds. The number of hydrogen-bond acceptors (Lipinski definition) is 3. The topological polar surface area (TPSA) is 60.0 Å². The molecule has 0 bridgehead atoms. The summed E-state index contributed by atoms with van der Waals surface area (Å²) in [5, 5.41) is 7.07. The molecule has 6 nitrogen and oxygen atoms in total. The first-order valence-electron chi connectivity index (χ1n) is 11.5. The highest BCUT2D eigenvalue weighted by molar-refractivity contribution is 14.0. The van der Waals surface area contributed by atoms with Gasteiger partial charge in [-0.1, -0.05) is 37.8 Å². The molecule has 174 valence electrons. The number of hydrogen-bond donors (Lipinski definition) is 2. The lowest BCUT2D eigenvalue weighted by Crippen LogP contribution is -2.59. The number of likely N-dealkylation sites (tertiary alicyclic amines) is 1. The lowest BCUT2D eigenvalue weighted by Gasteiger charge is -2.48. The van der Waals surface area contributed by atoms with Gasteiger partial charge in [-0.25, -0.2) is 0 Å². The molecule has 7 heteroatoms. The highest BCUT2D eigenvalue weighted by Gasteiger charge is 2.38. The molecule has 0 spiro atoms. The summed E-state index contributed by atoms with van der Waals surface area (Å²) in [6.45, 7) is 4.13. The molecule has 31 heavy (non-hydrogen) atoms. The molecule has 1 aliphatic heterocycles. The molecule has 1 saturated heterocycles. The highest BCUT2D eigenvalue weighted by atomic mass is 127. The molecule has 1 saturated carbocycles. The third-order valence-electron chi connectivity index (χ3n) is 6.69. The number of halogens is 1. The number of rotatable bonds is 6. The van der Waals surface area contributed by atoms with Crippen molar-refractivity contribution in [3.8, 4) is 0 Å². The van der Waals surface area contributed by atoms with Crippen molar-refractivity contribution in [2.75, 3.05) is 40.8 Å². The lowest BCUT2D eigenvalue weighted by molar-refractivity contribution is 0.0368. The minimum Gasteiger partial charge on any atom is -0.355 e. The SMILES string of the molecule is CN=C(NCc1ccc(C(=O)N(C)C)cc1)NCC1(N2CCCCC2)CCCCC1.I. The van der Waals surface area contributed by atoms with Gasteiger partial charge in [-0.15, -0.1) is 24.0 Å². The van der Waals surface area contributed by atoms with E-state index in [4.69, 9.17) is 0 Å². The van der Waals surface area contributed by atoms with E-state index in [0.717, 1.165) is 18.1 Å². The Hall–Kier alpha value is -1.35. The van der Waals surface area contributed by atoms with Crippen molar-refractivity contribution in [1.82, 2.24) is 20.4 Å². The van der Waals surface area contributed by atoms with Crippen LogP contribution in [0, 0.1) is 0 Å². The standard InChI is InChI=1S/C24H39N5O.HI/c1-25-23(26-18-20-10-12-21(13-11-20)22(30)28(2)3)27-19-24(14-6-4-7-15-24)29-16-8-5-9-17-29;/h10-13H,4-9,14-19H2,1-3H3,(H2,25,26,27);1H. The van der Waals surface area contributed by atoms with E-state index < -0.39 is 0 Å². The van der Waals surface area contributed by atoms with Crippen LogP contribution in [-0.4, -0.2) is 68.0 Å². The van der Waals surface area contributed by atoms with Gasteiger partial charge in [-0.3, -0.25) is 14.7 Å². The Balaban J connectivity index is 0.00000341. The molecule has 2 aliphatic rings. The molecule has 0 atom stereocenters. The Morgan fingerprint density at radius 1 is 1.00 bits per heavy atom. The largest absolute Gasteiger partial charge is 0.355 e. The number of carbonyl (C=O) groups is 1. The van der Waals surface area contributed by atoms with Crippen LogP contribution in [0.1, 0.15) is 67.3 Å². The normalized spacial score (nSPS) is 19.3. The number of guanidine groups is 1. The Morgan fingerprint density at radius 3 is 2.19 bits per heavy atom. The summed E-state index contributed by atoms with van der Waals surface area (Å²) in [5.74, 6) is 0.882.